The number of methoxy groups -OCH3 is 2. The van der Waals surface area contributed by atoms with Crippen LogP contribution in [0.15, 0.2) is 48.7 Å². The van der Waals surface area contributed by atoms with E-state index in [0.29, 0.717) is 23.2 Å². The molecule has 2 aromatic rings. The minimum atomic E-state index is -0.673. The van der Waals surface area contributed by atoms with E-state index in [-0.39, 0.29) is 6.61 Å². The van der Waals surface area contributed by atoms with Gasteiger partial charge < -0.3 is 24.8 Å². The first-order valence-electron chi connectivity index (χ1n) is 8.54. The van der Waals surface area contributed by atoms with Crippen LogP contribution in [-0.2, 0) is 14.3 Å². The van der Waals surface area contributed by atoms with Gasteiger partial charge in [0.15, 0.2) is 5.11 Å². The quantitative estimate of drug-likeness (QED) is 0.449. The number of hydrogen-bond acceptors (Lipinski definition) is 5. The Balaban J connectivity index is 2.08. The lowest BCUT2D eigenvalue weighted by Crippen LogP contribution is -2.51. The van der Waals surface area contributed by atoms with Gasteiger partial charge in [-0.3, -0.25) is 4.79 Å². The Kier molecular flexibility index (Phi) is 5.93. The molecule has 0 unspecified atom stereocenters. The van der Waals surface area contributed by atoms with Crippen molar-refractivity contribution in [1.82, 2.24) is 10.6 Å². The zero-order valence-corrected chi connectivity index (χ0v) is 16.1. The van der Waals surface area contributed by atoms with Gasteiger partial charge in [0.05, 0.1) is 19.8 Å². The van der Waals surface area contributed by atoms with Crippen LogP contribution in [0.1, 0.15) is 11.6 Å². The fourth-order valence-electron chi connectivity index (χ4n) is 3.29. The molecule has 2 atom stereocenters. The van der Waals surface area contributed by atoms with Gasteiger partial charge in [0.25, 0.3) is 0 Å². The highest BCUT2D eigenvalue weighted by Crippen LogP contribution is 2.39. The van der Waals surface area contributed by atoms with Crippen LogP contribution in [0.25, 0.3) is 10.8 Å². The third kappa shape index (κ3) is 3.89. The van der Waals surface area contributed by atoms with Crippen LogP contribution in [0.5, 0.6) is 5.75 Å². The first kappa shape index (κ1) is 19.1. The molecule has 1 aliphatic heterocycles. The van der Waals surface area contributed by atoms with Crippen molar-refractivity contribution >= 4 is 34.1 Å². The second-order valence-electron chi connectivity index (χ2n) is 6.14. The van der Waals surface area contributed by atoms with E-state index in [2.05, 4.69) is 17.2 Å². The largest absolute Gasteiger partial charge is 0.496 e. The number of carbonyl (C=O) groups is 1. The van der Waals surface area contributed by atoms with E-state index in [9.17, 15) is 4.79 Å². The van der Waals surface area contributed by atoms with Gasteiger partial charge in [-0.05, 0) is 29.1 Å². The molecule has 27 heavy (non-hydrogen) atoms. The number of esters is 1. The summed E-state index contributed by atoms with van der Waals surface area (Å²) >= 11 is 5.31. The molecule has 1 aliphatic rings. The fourth-order valence-corrected chi connectivity index (χ4v) is 3.55. The molecule has 0 aromatic heterocycles. The molecule has 7 heteroatoms. The summed E-state index contributed by atoms with van der Waals surface area (Å²) in [6.45, 7) is 4.49. The lowest BCUT2D eigenvalue weighted by atomic mass is 9.86. The maximum absolute atomic E-state index is 12.8. The highest BCUT2D eigenvalue weighted by atomic mass is 32.1. The van der Waals surface area contributed by atoms with Crippen LogP contribution in [0.4, 0.5) is 0 Å². The molecule has 0 saturated carbocycles. The highest BCUT2D eigenvalue weighted by molar-refractivity contribution is 7.80. The molecule has 6 nitrogen and oxygen atoms in total. The average molecular weight is 386 g/mol. The van der Waals surface area contributed by atoms with Gasteiger partial charge in [-0.25, -0.2) is 0 Å². The van der Waals surface area contributed by atoms with E-state index in [4.69, 9.17) is 26.4 Å². The Labute approximate surface area is 163 Å². The van der Waals surface area contributed by atoms with E-state index < -0.39 is 17.9 Å². The number of thiocarbonyl (C=S) groups is 1. The summed E-state index contributed by atoms with van der Waals surface area (Å²) in [7, 11) is 3.16. The SMILES string of the molecule is C=C1NC(=S)N[C@H](c2c(OC)ccc3ccccc23)[C@H]1C(=O)OCCOC. The monoisotopic (exact) mass is 386 g/mol. The minimum Gasteiger partial charge on any atom is -0.496 e. The van der Waals surface area contributed by atoms with Crippen LogP contribution >= 0.6 is 12.2 Å². The molecule has 0 bridgehead atoms. The average Bonchev–Trinajstić information content (AvgIpc) is 2.66. The van der Waals surface area contributed by atoms with Crippen molar-refractivity contribution in [2.45, 2.75) is 6.04 Å². The van der Waals surface area contributed by atoms with E-state index >= 15 is 0 Å². The van der Waals surface area contributed by atoms with Crippen molar-refractivity contribution in [3.05, 3.63) is 54.2 Å². The number of carbonyl (C=O) groups excluding carboxylic acids is 1. The molecule has 0 radical (unpaired) electrons. The molecule has 0 aliphatic carbocycles. The Morgan fingerprint density at radius 3 is 2.70 bits per heavy atom. The van der Waals surface area contributed by atoms with E-state index in [0.717, 1.165) is 16.3 Å². The first-order valence-corrected chi connectivity index (χ1v) is 8.95. The predicted molar refractivity (Wildman–Crippen MR) is 108 cm³/mol. The number of rotatable bonds is 6. The maximum Gasteiger partial charge on any atom is 0.317 e. The summed E-state index contributed by atoms with van der Waals surface area (Å²) in [6.07, 6.45) is 0. The van der Waals surface area contributed by atoms with Crippen molar-refractivity contribution in [2.75, 3.05) is 27.4 Å². The van der Waals surface area contributed by atoms with Gasteiger partial charge in [-0.15, -0.1) is 0 Å². The first-order chi connectivity index (χ1) is 13.1. The number of fused-ring (bicyclic) bond motifs is 1. The third-order valence-corrected chi connectivity index (χ3v) is 4.74. The van der Waals surface area contributed by atoms with Crippen molar-refractivity contribution in [1.29, 1.82) is 0 Å². The molecule has 2 aromatic carbocycles. The van der Waals surface area contributed by atoms with E-state index in [1.54, 1.807) is 14.2 Å². The van der Waals surface area contributed by atoms with Crippen LogP contribution in [0.3, 0.4) is 0 Å². The molecule has 1 heterocycles. The van der Waals surface area contributed by atoms with Gasteiger partial charge in [-0.2, -0.15) is 0 Å². The fraction of sp³-hybridized carbons (Fsp3) is 0.300. The Morgan fingerprint density at radius 1 is 1.19 bits per heavy atom. The normalized spacial score (nSPS) is 19.3. The van der Waals surface area contributed by atoms with Gasteiger partial charge in [0, 0.05) is 18.4 Å². The molecule has 3 rings (SSSR count). The van der Waals surface area contributed by atoms with Gasteiger partial charge >= 0.3 is 5.97 Å². The van der Waals surface area contributed by atoms with E-state index in [1.807, 2.05) is 36.4 Å². The molecule has 2 N–H and O–H groups in total. The van der Waals surface area contributed by atoms with Gasteiger partial charge in [-0.1, -0.05) is 36.9 Å². The molecular weight excluding hydrogens is 364 g/mol. The highest BCUT2D eigenvalue weighted by Gasteiger charge is 2.39. The summed E-state index contributed by atoms with van der Waals surface area (Å²) in [5, 5.41) is 8.55. The van der Waals surface area contributed by atoms with Crippen LogP contribution in [0, 0.1) is 5.92 Å². The molecular formula is C20H22N2O4S. The lowest BCUT2D eigenvalue weighted by molar-refractivity contribution is -0.149. The zero-order chi connectivity index (χ0) is 19.4. The van der Waals surface area contributed by atoms with Crippen molar-refractivity contribution < 1.29 is 19.0 Å². The standard InChI is InChI=1S/C20H22N2O4S/c1-12-16(19(23)26-11-10-24-2)18(22-20(27)21-12)17-14-7-5-4-6-13(14)8-9-15(17)25-3/h4-9,16,18H,1,10-11H2,2-3H3,(H2,21,22,27)/t16-,18-/m0/s1. The molecule has 1 saturated heterocycles. The summed E-state index contributed by atoms with van der Waals surface area (Å²) < 4.78 is 15.9. The Morgan fingerprint density at radius 2 is 1.96 bits per heavy atom. The smallest absolute Gasteiger partial charge is 0.317 e. The van der Waals surface area contributed by atoms with E-state index in [1.165, 1.54) is 0 Å². The Hall–Kier alpha value is -2.64. The van der Waals surface area contributed by atoms with Crippen LogP contribution in [0.2, 0.25) is 0 Å². The zero-order valence-electron chi connectivity index (χ0n) is 15.3. The maximum atomic E-state index is 12.8. The Bertz CT molecular complexity index is 883. The number of benzene rings is 2. The van der Waals surface area contributed by atoms with Gasteiger partial charge in [0.1, 0.15) is 18.3 Å². The number of ether oxygens (including phenoxy) is 3. The molecule has 1 fully saturated rings. The summed E-state index contributed by atoms with van der Waals surface area (Å²) in [4.78, 5) is 12.8. The predicted octanol–water partition coefficient (Wildman–Crippen LogP) is 2.69. The van der Waals surface area contributed by atoms with Crippen molar-refractivity contribution in [3.63, 3.8) is 0 Å². The van der Waals surface area contributed by atoms with Crippen LogP contribution in [-0.4, -0.2) is 38.5 Å². The second kappa shape index (κ2) is 8.37. The summed E-state index contributed by atoms with van der Waals surface area (Å²) in [6, 6.07) is 11.3. The van der Waals surface area contributed by atoms with Gasteiger partial charge in [0.2, 0.25) is 0 Å². The lowest BCUT2D eigenvalue weighted by Gasteiger charge is -2.36. The molecule has 0 amide bonds. The number of hydrogen-bond donors (Lipinski definition) is 2. The molecule has 142 valence electrons. The summed E-state index contributed by atoms with van der Waals surface area (Å²) in [5.74, 6) is -0.411. The number of nitrogens with one attached hydrogen (secondary N) is 2. The third-order valence-electron chi connectivity index (χ3n) is 4.52. The minimum absolute atomic E-state index is 0.170. The topological polar surface area (TPSA) is 68.8 Å². The van der Waals surface area contributed by atoms with Crippen molar-refractivity contribution in [2.24, 2.45) is 5.92 Å². The second-order valence-corrected chi connectivity index (χ2v) is 6.55. The van der Waals surface area contributed by atoms with Crippen LogP contribution < -0.4 is 15.4 Å². The molecule has 0 spiro atoms. The van der Waals surface area contributed by atoms with Crippen molar-refractivity contribution in [3.8, 4) is 5.75 Å². The summed E-state index contributed by atoms with van der Waals surface area (Å²) in [5.41, 5.74) is 1.33.